The molecule has 1 aliphatic rings. The third-order valence-electron chi connectivity index (χ3n) is 2.96. The number of ether oxygens (including phenoxy) is 2. The predicted octanol–water partition coefficient (Wildman–Crippen LogP) is 1.74. The van der Waals surface area contributed by atoms with Crippen molar-refractivity contribution in [1.82, 2.24) is 0 Å². The summed E-state index contributed by atoms with van der Waals surface area (Å²) in [6.45, 7) is 3.16. The van der Waals surface area contributed by atoms with E-state index in [4.69, 9.17) is 15.2 Å². The van der Waals surface area contributed by atoms with E-state index in [2.05, 4.69) is 15.9 Å². The molecule has 1 aliphatic heterocycles. The van der Waals surface area contributed by atoms with Gasteiger partial charge in [-0.1, -0.05) is 22.0 Å². The molecular weight excluding hydrogens is 298 g/mol. The summed E-state index contributed by atoms with van der Waals surface area (Å²) in [5.74, 6) is -0.235. The molecule has 0 bridgehead atoms. The van der Waals surface area contributed by atoms with Crippen LogP contribution in [-0.4, -0.2) is 25.8 Å². The Morgan fingerprint density at radius 1 is 1.56 bits per heavy atom. The topological polar surface area (TPSA) is 61.5 Å². The van der Waals surface area contributed by atoms with E-state index in [0.717, 1.165) is 15.6 Å². The maximum atomic E-state index is 11.6. The first kappa shape index (κ1) is 13.5. The fourth-order valence-corrected chi connectivity index (χ4v) is 2.45. The third kappa shape index (κ3) is 2.74. The molecule has 0 radical (unpaired) electrons. The molecule has 0 aliphatic carbocycles. The van der Waals surface area contributed by atoms with Crippen LogP contribution in [0, 0.1) is 0 Å². The van der Waals surface area contributed by atoms with E-state index in [0.29, 0.717) is 19.8 Å². The molecule has 1 aromatic rings. The zero-order valence-corrected chi connectivity index (χ0v) is 11.8. The van der Waals surface area contributed by atoms with Gasteiger partial charge in [-0.2, -0.15) is 0 Å². The molecule has 1 saturated heterocycles. The van der Waals surface area contributed by atoms with Crippen LogP contribution in [0.5, 0.6) is 0 Å². The maximum Gasteiger partial charge on any atom is 0.310 e. The van der Waals surface area contributed by atoms with E-state index in [1.807, 2.05) is 18.2 Å². The smallest absolute Gasteiger partial charge is 0.310 e. The lowest BCUT2D eigenvalue weighted by atomic mass is 9.85. The second kappa shape index (κ2) is 5.38. The summed E-state index contributed by atoms with van der Waals surface area (Å²) in [4.78, 5) is 11.6. The molecule has 1 aromatic carbocycles. The van der Waals surface area contributed by atoms with Gasteiger partial charge in [0.1, 0.15) is 0 Å². The molecule has 0 atom stereocenters. The average Bonchev–Trinajstić information content (AvgIpc) is 2.26. The highest BCUT2D eigenvalue weighted by Crippen LogP contribution is 2.31. The first-order valence-corrected chi connectivity index (χ1v) is 6.65. The van der Waals surface area contributed by atoms with Gasteiger partial charge in [-0.25, -0.2) is 0 Å². The van der Waals surface area contributed by atoms with Crippen molar-refractivity contribution in [3.8, 4) is 0 Å². The minimum atomic E-state index is -0.470. The van der Waals surface area contributed by atoms with Gasteiger partial charge in [-0.3, -0.25) is 4.79 Å². The highest BCUT2D eigenvalue weighted by atomic mass is 79.9. The van der Waals surface area contributed by atoms with Crippen LogP contribution in [0.25, 0.3) is 0 Å². The Morgan fingerprint density at radius 2 is 2.28 bits per heavy atom. The first-order chi connectivity index (χ1) is 8.55. The number of carbonyl (C=O) groups is 1. The summed E-state index contributed by atoms with van der Waals surface area (Å²) in [6.07, 6.45) is 0.238. The van der Waals surface area contributed by atoms with Crippen molar-refractivity contribution >= 4 is 21.9 Å². The Kier molecular flexibility index (Phi) is 4.04. The van der Waals surface area contributed by atoms with E-state index in [1.165, 1.54) is 0 Å². The number of hydrogen-bond acceptors (Lipinski definition) is 4. The van der Waals surface area contributed by atoms with Crippen LogP contribution in [0.2, 0.25) is 0 Å². The van der Waals surface area contributed by atoms with E-state index < -0.39 is 5.54 Å². The van der Waals surface area contributed by atoms with Crippen LogP contribution in [0.3, 0.4) is 0 Å². The molecule has 0 spiro atoms. The van der Waals surface area contributed by atoms with Gasteiger partial charge >= 0.3 is 5.97 Å². The normalized spacial score (nSPS) is 17.1. The molecule has 18 heavy (non-hydrogen) atoms. The highest BCUT2D eigenvalue weighted by molar-refractivity contribution is 9.10. The molecule has 0 amide bonds. The summed E-state index contributed by atoms with van der Waals surface area (Å²) >= 11 is 3.41. The fourth-order valence-electron chi connectivity index (χ4n) is 2.04. The quantitative estimate of drug-likeness (QED) is 0.860. The van der Waals surface area contributed by atoms with E-state index in [1.54, 1.807) is 6.92 Å². The highest BCUT2D eigenvalue weighted by Gasteiger charge is 2.37. The molecule has 0 unspecified atom stereocenters. The van der Waals surface area contributed by atoms with Crippen LogP contribution in [-0.2, 0) is 26.2 Å². The number of halogens is 1. The summed E-state index contributed by atoms with van der Waals surface area (Å²) in [5.41, 5.74) is 7.62. The minimum Gasteiger partial charge on any atom is -0.466 e. The van der Waals surface area contributed by atoms with Crippen LogP contribution in [0.15, 0.2) is 22.7 Å². The summed E-state index contributed by atoms with van der Waals surface area (Å²) in [7, 11) is 0. The van der Waals surface area contributed by atoms with E-state index >= 15 is 0 Å². The Morgan fingerprint density at radius 3 is 2.83 bits per heavy atom. The molecule has 1 fully saturated rings. The number of esters is 1. The summed E-state index contributed by atoms with van der Waals surface area (Å²) in [6, 6.07) is 5.79. The minimum absolute atomic E-state index is 0.235. The van der Waals surface area contributed by atoms with Gasteiger partial charge in [0.2, 0.25) is 0 Å². The lowest BCUT2D eigenvalue weighted by Crippen LogP contribution is -2.54. The number of benzene rings is 1. The molecule has 2 rings (SSSR count). The van der Waals surface area contributed by atoms with Gasteiger partial charge in [0.25, 0.3) is 0 Å². The van der Waals surface area contributed by atoms with Crippen molar-refractivity contribution in [2.24, 2.45) is 5.73 Å². The van der Waals surface area contributed by atoms with Gasteiger partial charge in [-0.15, -0.1) is 0 Å². The molecule has 5 heteroatoms. The predicted molar refractivity (Wildman–Crippen MR) is 71.2 cm³/mol. The van der Waals surface area contributed by atoms with Gasteiger partial charge in [0.15, 0.2) is 0 Å². The zero-order chi connectivity index (χ0) is 13.2. The van der Waals surface area contributed by atoms with Crippen LogP contribution < -0.4 is 5.73 Å². The molecular formula is C13H16BrNO3. The first-order valence-electron chi connectivity index (χ1n) is 5.86. The van der Waals surface area contributed by atoms with Crippen molar-refractivity contribution in [2.75, 3.05) is 19.8 Å². The van der Waals surface area contributed by atoms with Crippen LogP contribution in [0.4, 0.5) is 0 Å². The molecule has 0 saturated carbocycles. The van der Waals surface area contributed by atoms with Gasteiger partial charge < -0.3 is 15.2 Å². The molecule has 2 N–H and O–H groups in total. The second-order valence-corrected chi connectivity index (χ2v) is 5.35. The Labute approximate surface area is 115 Å². The monoisotopic (exact) mass is 313 g/mol. The molecule has 98 valence electrons. The summed E-state index contributed by atoms with van der Waals surface area (Å²) in [5, 5.41) is 0. The number of rotatable bonds is 4. The largest absolute Gasteiger partial charge is 0.466 e. The van der Waals surface area contributed by atoms with Gasteiger partial charge in [-0.05, 0) is 30.2 Å². The number of carbonyl (C=O) groups excluding carboxylic acids is 1. The Balaban J connectivity index is 2.26. The molecule has 1 heterocycles. The van der Waals surface area contributed by atoms with E-state index in [9.17, 15) is 4.79 Å². The SMILES string of the molecule is CCOC(=O)Cc1cc(Br)ccc1C1(N)COC1. The third-order valence-corrected chi connectivity index (χ3v) is 3.46. The van der Waals surface area contributed by atoms with E-state index in [-0.39, 0.29) is 12.4 Å². The lowest BCUT2D eigenvalue weighted by Gasteiger charge is -2.39. The number of nitrogens with two attached hydrogens (primary N) is 1. The van der Waals surface area contributed by atoms with Gasteiger partial charge in [0.05, 0.1) is 31.8 Å². The van der Waals surface area contributed by atoms with Crippen molar-refractivity contribution in [3.05, 3.63) is 33.8 Å². The Hall–Kier alpha value is -0.910. The molecule has 0 aromatic heterocycles. The maximum absolute atomic E-state index is 11.6. The fraction of sp³-hybridized carbons (Fsp3) is 0.462. The van der Waals surface area contributed by atoms with Crippen molar-refractivity contribution in [2.45, 2.75) is 18.9 Å². The lowest BCUT2D eigenvalue weighted by molar-refractivity contribution is -0.142. The Bertz CT molecular complexity index is 458. The van der Waals surface area contributed by atoms with Crippen LogP contribution in [0.1, 0.15) is 18.1 Å². The van der Waals surface area contributed by atoms with Crippen molar-refractivity contribution in [3.63, 3.8) is 0 Å². The van der Waals surface area contributed by atoms with Crippen LogP contribution >= 0.6 is 15.9 Å². The second-order valence-electron chi connectivity index (χ2n) is 4.43. The van der Waals surface area contributed by atoms with Gasteiger partial charge in [0, 0.05) is 4.47 Å². The van der Waals surface area contributed by atoms with Crippen molar-refractivity contribution < 1.29 is 14.3 Å². The van der Waals surface area contributed by atoms with Crippen molar-refractivity contribution in [1.29, 1.82) is 0 Å². The zero-order valence-electron chi connectivity index (χ0n) is 10.2. The standard InChI is InChI=1S/C13H16BrNO3/c1-2-18-12(16)6-9-5-10(14)3-4-11(9)13(15)7-17-8-13/h3-5H,2,6-8,15H2,1H3. The molecule has 4 nitrogen and oxygen atoms in total. The average molecular weight is 314 g/mol. The number of hydrogen-bond donors (Lipinski definition) is 1. The summed E-state index contributed by atoms with van der Waals surface area (Å²) < 4.78 is 11.1.